The monoisotopic (exact) mass is 357 g/mol. The highest BCUT2D eigenvalue weighted by Crippen LogP contribution is 2.33. The van der Waals surface area contributed by atoms with Gasteiger partial charge in [-0.1, -0.05) is 17.3 Å². The highest BCUT2D eigenvalue weighted by atomic mass is 32.2. The first-order valence-electron chi connectivity index (χ1n) is 7.53. The predicted octanol–water partition coefficient (Wildman–Crippen LogP) is 3.38. The molecule has 0 fully saturated rings. The lowest BCUT2D eigenvalue weighted by atomic mass is 10.1. The normalized spacial score (nSPS) is 10.0. The molecule has 0 atom stereocenters. The zero-order valence-electron chi connectivity index (χ0n) is 14.5. The average Bonchev–Trinajstić information content (AvgIpc) is 2.60. The first-order valence-corrected chi connectivity index (χ1v) is 8.75. The van der Waals surface area contributed by atoms with E-state index < -0.39 is 5.56 Å². The van der Waals surface area contributed by atoms with E-state index in [2.05, 4.69) is 9.97 Å². The fraction of sp³-hybridized carbons (Fsp3) is 0.278. The smallest absolute Gasteiger partial charge is 0.270 e. The highest BCUT2D eigenvalue weighted by molar-refractivity contribution is 7.98. The molecule has 7 heteroatoms. The lowest BCUT2D eigenvalue weighted by molar-refractivity contribution is 0.326. The molecule has 0 saturated heterocycles. The van der Waals surface area contributed by atoms with E-state index in [1.807, 2.05) is 26.0 Å². The van der Waals surface area contributed by atoms with Crippen LogP contribution in [0.3, 0.4) is 0 Å². The number of rotatable bonds is 6. The molecule has 25 heavy (non-hydrogen) atoms. The van der Waals surface area contributed by atoms with E-state index in [1.54, 1.807) is 24.5 Å². The molecule has 0 spiro atoms. The summed E-state index contributed by atoms with van der Waals surface area (Å²) in [7, 11) is 1.54. The van der Waals surface area contributed by atoms with Crippen LogP contribution in [0.25, 0.3) is 11.3 Å². The summed E-state index contributed by atoms with van der Waals surface area (Å²) in [6, 6.07) is 7.13. The van der Waals surface area contributed by atoms with Crippen molar-refractivity contribution in [3.8, 4) is 28.8 Å². The number of thioether (sulfide) groups is 1. The number of aromatic amines is 1. The molecule has 0 radical (unpaired) electrons. The predicted molar refractivity (Wildman–Crippen MR) is 98.3 cm³/mol. The van der Waals surface area contributed by atoms with E-state index >= 15 is 0 Å². The molecule has 6 nitrogen and oxygen atoms in total. The van der Waals surface area contributed by atoms with Gasteiger partial charge in [0.25, 0.3) is 5.56 Å². The van der Waals surface area contributed by atoms with E-state index in [0.717, 1.165) is 5.57 Å². The fourth-order valence-electron chi connectivity index (χ4n) is 2.09. The van der Waals surface area contributed by atoms with E-state index in [4.69, 9.17) is 9.47 Å². The third-order valence-electron chi connectivity index (χ3n) is 3.37. The van der Waals surface area contributed by atoms with Crippen LogP contribution in [0.1, 0.15) is 19.4 Å². The number of allylic oxidation sites excluding steroid dienone is 1. The first kappa shape index (κ1) is 18.6. The van der Waals surface area contributed by atoms with Crippen molar-refractivity contribution in [2.24, 2.45) is 0 Å². The van der Waals surface area contributed by atoms with Gasteiger partial charge >= 0.3 is 0 Å². The van der Waals surface area contributed by atoms with Crippen molar-refractivity contribution in [3.63, 3.8) is 0 Å². The molecule has 0 aliphatic carbocycles. The Labute approximate surface area is 150 Å². The van der Waals surface area contributed by atoms with Crippen LogP contribution in [0.2, 0.25) is 0 Å². The number of H-pyrrole nitrogens is 1. The van der Waals surface area contributed by atoms with Crippen LogP contribution in [-0.2, 0) is 0 Å². The second kappa shape index (κ2) is 8.40. The van der Waals surface area contributed by atoms with Gasteiger partial charge in [0.15, 0.2) is 16.7 Å². The fourth-order valence-corrected chi connectivity index (χ4v) is 2.47. The summed E-state index contributed by atoms with van der Waals surface area (Å²) in [5.74, 6) is 1.09. The van der Waals surface area contributed by atoms with Crippen molar-refractivity contribution in [2.45, 2.75) is 19.0 Å². The third-order valence-corrected chi connectivity index (χ3v) is 3.95. The maximum atomic E-state index is 12.1. The Balaban J connectivity index is 2.48. The number of hydrogen-bond donors (Lipinski definition) is 1. The summed E-state index contributed by atoms with van der Waals surface area (Å²) in [5.41, 5.74) is 1.61. The Morgan fingerprint density at radius 2 is 2.16 bits per heavy atom. The van der Waals surface area contributed by atoms with Crippen LogP contribution in [0.15, 0.2) is 39.8 Å². The molecule has 130 valence electrons. The number of hydrogen-bond acceptors (Lipinski definition) is 6. The number of nitriles is 1. The average molecular weight is 357 g/mol. The molecule has 1 heterocycles. The van der Waals surface area contributed by atoms with E-state index in [9.17, 15) is 10.1 Å². The molecule has 1 aromatic heterocycles. The largest absolute Gasteiger partial charge is 0.493 e. The second-order valence-corrected chi connectivity index (χ2v) is 6.16. The molecule has 1 aromatic carbocycles. The number of nitrogens with one attached hydrogen (secondary N) is 1. The van der Waals surface area contributed by atoms with Gasteiger partial charge in [0.1, 0.15) is 18.2 Å². The van der Waals surface area contributed by atoms with E-state index in [-0.39, 0.29) is 5.56 Å². The Morgan fingerprint density at radius 1 is 1.40 bits per heavy atom. The molecule has 1 N–H and O–H groups in total. The topological polar surface area (TPSA) is 88.0 Å². The number of benzene rings is 1. The summed E-state index contributed by atoms with van der Waals surface area (Å²) in [5, 5.41) is 9.74. The zero-order valence-corrected chi connectivity index (χ0v) is 15.4. The molecule has 0 aliphatic rings. The van der Waals surface area contributed by atoms with Crippen molar-refractivity contribution in [3.05, 3.63) is 45.8 Å². The molecule has 0 unspecified atom stereocenters. The van der Waals surface area contributed by atoms with E-state index in [1.165, 1.54) is 18.9 Å². The molecule has 2 rings (SSSR count). The van der Waals surface area contributed by atoms with Gasteiger partial charge in [-0.2, -0.15) is 5.26 Å². The minimum Gasteiger partial charge on any atom is -0.493 e. The molecule has 0 bridgehead atoms. The van der Waals surface area contributed by atoms with Crippen LogP contribution < -0.4 is 15.0 Å². The van der Waals surface area contributed by atoms with E-state index in [0.29, 0.717) is 34.5 Å². The second-order valence-electron chi connectivity index (χ2n) is 5.37. The Hall–Kier alpha value is -2.72. The molecular weight excluding hydrogens is 338 g/mol. The number of methoxy groups -OCH3 is 1. The molecule has 0 aliphatic heterocycles. The molecule has 0 amide bonds. The number of nitrogens with zero attached hydrogens (tertiary/aromatic N) is 2. The van der Waals surface area contributed by atoms with Crippen LogP contribution in [0.5, 0.6) is 11.5 Å². The quantitative estimate of drug-likeness (QED) is 0.484. The van der Waals surface area contributed by atoms with Gasteiger partial charge < -0.3 is 14.5 Å². The Bertz CT molecular complexity index is 893. The van der Waals surface area contributed by atoms with Crippen molar-refractivity contribution >= 4 is 11.8 Å². The lowest BCUT2D eigenvalue weighted by Crippen LogP contribution is -2.14. The maximum absolute atomic E-state index is 12.1. The molecule has 2 aromatic rings. The van der Waals surface area contributed by atoms with Crippen molar-refractivity contribution in [2.75, 3.05) is 20.0 Å². The van der Waals surface area contributed by atoms with Gasteiger partial charge in [-0.15, -0.1) is 0 Å². The standard InChI is InChI=1S/C18H19N3O3S/c1-11(2)7-8-24-14-6-5-12(9-15(14)23-3)16-13(10-19)17(22)21-18(20-16)25-4/h5-7,9H,8H2,1-4H3,(H,20,21,22). The summed E-state index contributed by atoms with van der Waals surface area (Å²) in [6.45, 7) is 4.42. The number of aromatic nitrogens is 2. The SMILES string of the molecule is COc1cc(-c2nc(SC)[nH]c(=O)c2C#N)ccc1OCC=C(C)C. The summed E-state index contributed by atoms with van der Waals surface area (Å²) < 4.78 is 11.1. The summed E-state index contributed by atoms with van der Waals surface area (Å²) >= 11 is 1.30. The Kier molecular flexibility index (Phi) is 6.25. The van der Waals surface area contributed by atoms with Gasteiger partial charge in [0.2, 0.25) is 0 Å². The van der Waals surface area contributed by atoms with Crippen LogP contribution >= 0.6 is 11.8 Å². The third kappa shape index (κ3) is 4.43. The maximum Gasteiger partial charge on any atom is 0.270 e. The minimum absolute atomic E-state index is 0.0296. The van der Waals surface area contributed by atoms with Gasteiger partial charge in [-0.25, -0.2) is 4.98 Å². The van der Waals surface area contributed by atoms with Crippen molar-refractivity contribution in [1.82, 2.24) is 9.97 Å². The first-order chi connectivity index (χ1) is 12.0. The number of ether oxygens (including phenoxy) is 2. The molecule has 0 saturated carbocycles. The van der Waals surface area contributed by atoms with Crippen LogP contribution in [-0.4, -0.2) is 29.9 Å². The van der Waals surface area contributed by atoms with Gasteiger partial charge in [-0.3, -0.25) is 4.79 Å². The zero-order chi connectivity index (χ0) is 18.4. The summed E-state index contributed by atoms with van der Waals surface area (Å²) in [4.78, 5) is 19.0. The van der Waals surface area contributed by atoms with Crippen molar-refractivity contribution < 1.29 is 9.47 Å². The van der Waals surface area contributed by atoms with Crippen LogP contribution in [0.4, 0.5) is 0 Å². The highest BCUT2D eigenvalue weighted by Gasteiger charge is 2.15. The Morgan fingerprint density at radius 3 is 2.76 bits per heavy atom. The van der Waals surface area contributed by atoms with Crippen molar-refractivity contribution in [1.29, 1.82) is 5.26 Å². The van der Waals surface area contributed by atoms with Gasteiger partial charge in [0, 0.05) is 5.56 Å². The minimum atomic E-state index is -0.459. The molecular formula is C18H19N3O3S. The van der Waals surface area contributed by atoms with Gasteiger partial charge in [-0.05, 0) is 44.4 Å². The van der Waals surface area contributed by atoms with Crippen LogP contribution in [0, 0.1) is 11.3 Å². The lowest BCUT2D eigenvalue weighted by Gasteiger charge is -2.12. The van der Waals surface area contributed by atoms with Gasteiger partial charge in [0.05, 0.1) is 12.8 Å². The summed E-state index contributed by atoms with van der Waals surface area (Å²) in [6.07, 6.45) is 3.76.